The molecule has 2 rings (SSSR count). The maximum Gasteiger partial charge on any atom is 0.134 e. The molecular formula is C17H23BrN2O2. The Morgan fingerprint density at radius 3 is 2.68 bits per heavy atom. The number of nitrogens with one attached hydrogen (secondary N) is 2. The molecule has 2 aromatic rings. The lowest BCUT2D eigenvalue weighted by Gasteiger charge is -2.04. The minimum atomic E-state index is 0.193. The van der Waals surface area contributed by atoms with E-state index in [1.807, 2.05) is 18.2 Å². The van der Waals surface area contributed by atoms with Gasteiger partial charge in [-0.15, -0.1) is 0 Å². The van der Waals surface area contributed by atoms with Gasteiger partial charge in [0.05, 0.1) is 13.2 Å². The third kappa shape index (κ3) is 5.25. The van der Waals surface area contributed by atoms with Crippen LogP contribution in [-0.4, -0.2) is 31.3 Å². The second-order valence-electron chi connectivity index (χ2n) is 5.23. The van der Waals surface area contributed by atoms with Gasteiger partial charge in [0.15, 0.2) is 0 Å². The van der Waals surface area contributed by atoms with Crippen molar-refractivity contribution in [2.45, 2.75) is 19.9 Å². The molecule has 0 unspecified atom stereocenters. The van der Waals surface area contributed by atoms with Gasteiger partial charge < -0.3 is 20.2 Å². The molecule has 1 aromatic heterocycles. The highest BCUT2D eigenvalue weighted by atomic mass is 79.9. The van der Waals surface area contributed by atoms with Crippen LogP contribution in [0.3, 0.4) is 0 Å². The summed E-state index contributed by atoms with van der Waals surface area (Å²) < 4.78 is 6.99. The van der Waals surface area contributed by atoms with Gasteiger partial charge in [0.25, 0.3) is 0 Å². The summed E-state index contributed by atoms with van der Waals surface area (Å²) >= 11 is 3.51. The van der Waals surface area contributed by atoms with Crippen LogP contribution in [0.1, 0.15) is 17.7 Å². The number of aliphatic hydroxyl groups is 1. The molecule has 0 amide bonds. The highest BCUT2D eigenvalue weighted by Gasteiger charge is 2.06. The van der Waals surface area contributed by atoms with Crippen molar-refractivity contribution >= 4 is 15.9 Å². The Hall–Kier alpha value is -1.14. The van der Waals surface area contributed by atoms with Gasteiger partial charge in [-0.2, -0.15) is 0 Å². The Kier molecular flexibility index (Phi) is 7.12. The summed E-state index contributed by atoms with van der Waals surface area (Å²) in [5, 5.41) is 15.2. The first-order valence-corrected chi connectivity index (χ1v) is 8.37. The molecule has 120 valence electrons. The van der Waals surface area contributed by atoms with Crippen molar-refractivity contribution < 1.29 is 9.52 Å². The number of hydrogen-bond donors (Lipinski definition) is 3. The van der Waals surface area contributed by atoms with E-state index in [4.69, 9.17) is 9.52 Å². The Balaban J connectivity index is 1.78. The molecular weight excluding hydrogens is 344 g/mol. The van der Waals surface area contributed by atoms with Gasteiger partial charge in [0.1, 0.15) is 11.5 Å². The molecule has 0 aliphatic heterocycles. The van der Waals surface area contributed by atoms with Crippen molar-refractivity contribution in [1.82, 2.24) is 10.6 Å². The zero-order valence-corrected chi connectivity index (χ0v) is 14.4. The molecule has 0 saturated carbocycles. The molecule has 0 aliphatic rings. The SMILES string of the molecule is Cc1cc(-c2ccc(CNCCCNCCO)o2)ccc1Br. The van der Waals surface area contributed by atoms with Crippen molar-refractivity contribution in [1.29, 1.82) is 0 Å². The fourth-order valence-corrected chi connectivity index (χ4v) is 2.43. The van der Waals surface area contributed by atoms with E-state index < -0.39 is 0 Å². The van der Waals surface area contributed by atoms with Crippen molar-refractivity contribution in [2.24, 2.45) is 0 Å². The Morgan fingerprint density at radius 2 is 1.91 bits per heavy atom. The van der Waals surface area contributed by atoms with E-state index in [1.165, 1.54) is 5.56 Å². The number of aryl methyl sites for hydroxylation is 1. The van der Waals surface area contributed by atoms with Crippen molar-refractivity contribution in [3.8, 4) is 11.3 Å². The Bertz CT molecular complexity index is 584. The maximum absolute atomic E-state index is 8.65. The maximum atomic E-state index is 8.65. The molecule has 0 bridgehead atoms. The second kappa shape index (κ2) is 9.10. The number of furan rings is 1. The van der Waals surface area contributed by atoms with Crippen LogP contribution in [0.15, 0.2) is 39.2 Å². The molecule has 5 heteroatoms. The van der Waals surface area contributed by atoms with Crippen molar-refractivity contribution in [3.63, 3.8) is 0 Å². The van der Waals surface area contributed by atoms with Gasteiger partial charge in [-0.1, -0.05) is 22.0 Å². The van der Waals surface area contributed by atoms with Crippen LogP contribution in [0.5, 0.6) is 0 Å². The van der Waals surface area contributed by atoms with Crippen LogP contribution in [0.25, 0.3) is 11.3 Å². The summed E-state index contributed by atoms with van der Waals surface area (Å²) in [5.41, 5.74) is 2.30. The van der Waals surface area contributed by atoms with E-state index in [0.717, 1.165) is 47.6 Å². The predicted molar refractivity (Wildman–Crippen MR) is 92.9 cm³/mol. The first kappa shape index (κ1) is 17.2. The topological polar surface area (TPSA) is 57.4 Å². The van der Waals surface area contributed by atoms with Crippen LogP contribution in [0.2, 0.25) is 0 Å². The van der Waals surface area contributed by atoms with Crippen LogP contribution < -0.4 is 10.6 Å². The normalized spacial score (nSPS) is 11.0. The molecule has 0 spiro atoms. The Morgan fingerprint density at radius 1 is 1.09 bits per heavy atom. The molecule has 22 heavy (non-hydrogen) atoms. The van der Waals surface area contributed by atoms with Crippen LogP contribution in [-0.2, 0) is 6.54 Å². The molecule has 0 radical (unpaired) electrons. The van der Waals surface area contributed by atoms with Crippen molar-refractivity contribution in [3.05, 3.63) is 46.1 Å². The van der Waals surface area contributed by atoms with Gasteiger partial charge in [-0.25, -0.2) is 0 Å². The quantitative estimate of drug-likeness (QED) is 0.597. The molecule has 4 nitrogen and oxygen atoms in total. The van der Waals surface area contributed by atoms with Gasteiger partial charge >= 0.3 is 0 Å². The van der Waals surface area contributed by atoms with Crippen LogP contribution in [0, 0.1) is 6.92 Å². The zero-order valence-electron chi connectivity index (χ0n) is 12.9. The highest BCUT2D eigenvalue weighted by Crippen LogP contribution is 2.26. The molecule has 1 aromatic carbocycles. The third-order valence-electron chi connectivity index (χ3n) is 3.40. The van der Waals surface area contributed by atoms with E-state index in [-0.39, 0.29) is 6.61 Å². The molecule has 1 heterocycles. The van der Waals surface area contributed by atoms with Gasteiger partial charge in [-0.05, 0) is 56.3 Å². The molecule has 3 N–H and O–H groups in total. The number of rotatable bonds is 9. The fraction of sp³-hybridized carbons (Fsp3) is 0.412. The summed E-state index contributed by atoms with van der Waals surface area (Å²) in [6.45, 7) is 5.49. The molecule has 0 aliphatic carbocycles. The Labute approximate surface area is 140 Å². The summed E-state index contributed by atoms with van der Waals surface area (Å²) in [4.78, 5) is 0. The summed E-state index contributed by atoms with van der Waals surface area (Å²) in [5.74, 6) is 1.84. The van der Waals surface area contributed by atoms with E-state index in [1.54, 1.807) is 0 Å². The van der Waals surface area contributed by atoms with E-state index >= 15 is 0 Å². The summed E-state index contributed by atoms with van der Waals surface area (Å²) in [6, 6.07) is 10.3. The molecule has 0 saturated heterocycles. The van der Waals surface area contributed by atoms with E-state index in [9.17, 15) is 0 Å². The summed E-state index contributed by atoms with van der Waals surface area (Å²) in [6.07, 6.45) is 1.03. The molecule has 0 atom stereocenters. The number of benzene rings is 1. The lowest BCUT2D eigenvalue weighted by molar-refractivity contribution is 0.292. The minimum Gasteiger partial charge on any atom is -0.460 e. The van der Waals surface area contributed by atoms with E-state index in [2.05, 4.69) is 45.6 Å². The number of hydrogen-bond acceptors (Lipinski definition) is 4. The highest BCUT2D eigenvalue weighted by molar-refractivity contribution is 9.10. The lowest BCUT2D eigenvalue weighted by atomic mass is 10.1. The van der Waals surface area contributed by atoms with Gasteiger partial charge in [0.2, 0.25) is 0 Å². The monoisotopic (exact) mass is 366 g/mol. The lowest BCUT2D eigenvalue weighted by Crippen LogP contribution is -2.23. The third-order valence-corrected chi connectivity index (χ3v) is 4.29. The molecule has 0 fully saturated rings. The van der Waals surface area contributed by atoms with E-state index in [0.29, 0.717) is 6.54 Å². The zero-order chi connectivity index (χ0) is 15.8. The van der Waals surface area contributed by atoms with Crippen LogP contribution in [0.4, 0.5) is 0 Å². The largest absolute Gasteiger partial charge is 0.460 e. The fourth-order valence-electron chi connectivity index (χ4n) is 2.18. The second-order valence-corrected chi connectivity index (χ2v) is 6.09. The van der Waals surface area contributed by atoms with Crippen LogP contribution >= 0.6 is 15.9 Å². The first-order valence-electron chi connectivity index (χ1n) is 7.58. The average Bonchev–Trinajstić information content (AvgIpc) is 2.98. The minimum absolute atomic E-state index is 0.193. The number of halogens is 1. The smallest absolute Gasteiger partial charge is 0.134 e. The van der Waals surface area contributed by atoms with Gasteiger partial charge in [-0.3, -0.25) is 0 Å². The summed E-state index contributed by atoms with van der Waals surface area (Å²) in [7, 11) is 0. The standard InChI is InChI=1S/C17H23BrN2O2/c1-13-11-14(3-5-16(13)18)17-6-4-15(22-17)12-20-8-2-7-19-9-10-21/h3-6,11,19-21H,2,7-10,12H2,1H3. The number of aliphatic hydroxyl groups excluding tert-OH is 1. The van der Waals surface area contributed by atoms with Gasteiger partial charge in [0, 0.05) is 16.6 Å². The predicted octanol–water partition coefficient (Wildman–Crippen LogP) is 3.08. The van der Waals surface area contributed by atoms with Crippen molar-refractivity contribution in [2.75, 3.05) is 26.2 Å². The first-order chi connectivity index (χ1) is 10.7. The average molecular weight is 367 g/mol.